The van der Waals surface area contributed by atoms with Gasteiger partial charge in [0, 0.05) is 11.6 Å². The first-order valence-electron chi connectivity index (χ1n) is 8.65. The number of carbonyl (C=O) groups excluding carboxylic acids is 1. The number of rotatable bonds is 5. The lowest BCUT2D eigenvalue weighted by atomic mass is 10.2. The Hall–Kier alpha value is -2.31. The number of nitrogens with one attached hydrogen (secondary N) is 1. The summed E-state index contributed by atoms with van der Waals surface area (Å²) in [6.45, 7) is 6.08. The van der Waals surface area contributed by atoms with Crippen LogP contribution in [-0.4, -0.2) is 27.3 Å². The van der Waals surface area contributed by atoms with Crippen molar-refractivity contribution in [3.8, 4) is 5.69 Å². The summed E-state index contributed by atoms with van der Waals surface area (Å²) < 4.78 is 1.55. The summed E-state index contributed by atoms with van der Waals surface area (Å²) in [5.74, 6) is -0.0979. The maximum atomic E-state index is 13.3. The molecule has 0 spiro atoms. The van der Waals surface area contributed by atoms with Crippen LogP contribution in [0.4, 0.5) is 0 Å². The number of para-hydroxylation sites is 1. The minimum Gasteiger partial charge on any atom is -0.355 e. The Morgan fingerprint density at radius 3 is 2.74 bits per heavy atom. The van der Waals surface area contributed by atoms with E-state index in [1.165, 1.54) is 11.8 Å². The molecule has 3 aromatic rings. The van der Waals surface area contributed by atoms with Gasteiger partial charge in [-0.3, -0.25) is 14.2 Å². The molecule has 1 N–H and O–H groups in total. The molecule has 5 nitrogen and oxygen atoms in total. The average Bonchev–Trinajstić information content (AvgIpc) is 2.65. The first kappa shape index (κ1) is 19.5. The van der Waals surface area contributed by atoms with Crippen molar-refractivity contribution < 1.29 is 4.79 Å². The highest BCUT2D eigenvalue weighted by molar-refractivity contribution is 8.00. The lowest BCUT2D eigenvalue weighted by Gasteiger charge is -2.18. The number of aromatic nitrogens is 2. The molecule has 0 saturated carbocycles. The standard InChI is InChI=1S/C20H20ClN3O2S/c1-4-22-18(25)13(3)27-20-23-16-10-6-5-8-14(16)19(26)24(20)17-11-7-9-15(21)12(17)2/h5-11,13H,4H2,1-3H3,(H,22,25)/t13-/m1/s1. The van der Waals surface area contributed by atoms with Crippen LogP contribution in [-0.2, 0) is 4.79 Å². The maximum Gasteiger partial charge on any atom is 0.266 e. The third-order valence-corrected chi connectivity index (χ3v) is 5.69. The zero-order valence-corrected chi connectivity index (χ0v) is 16.9. The molecule has 140 valence electrons. The minimum atomic E-state index is -0.399. The van der Waals surface area contributed by atoms with Crippen LogP contribution >= 0.6 is 23.4 Å². The van der Waals surface area contributed by atoms with Crippen LogP contribution < -0.4 is 10.9 Å². The number of hydrogen-bond acceptors (Lipinski definition) is 4. The van der Waals surface area contributed by atoms with Crippen molar-refractivity contribution in [2.24, 2.45) is 0 Å². The van der Waals surface area contributed by atoms with E-state index < -0.39 is 5.25 Å². The number of benzene rings is 2. The average molecular weight is 402 g/mol. The molecular formula is C20H20ClN3O2S. The van der Waals surface area contributed by atoms with Crippen LogP contribution in [0.3, 0.4) is 0 Å². The lowest BCUT2D eigenvalue weighted by Crippen LogP contribution is -2.31. The predicted molar refractivity (Wildman–Crippen MR) is 111 cm³/mol. The molecule has 7 heteroatoms. The highest BCUT2D eigenvalue weighted by atomic mass is 35.5. The number of halogens is 1. The second kappa shape index (κ2) is 8.15. The monoisotopic (exact) mass is 401 g/mol. The van der Waals surface area contributed by atoms with Gasteiger partial charge in [-0.1, -0.05) is 41.6 Å². The fraction of sp³-hybridized carbons (Fsp3) is 0.250. The van der Waals surface area contributed by atoms with Gasteiger partial charge < -0.3 is 5.32 Å². The molecule has 3 rings (SSSR count). The summed E-state index contributed by atoms with van der Waals surface area (Å²) in [4.78, 5) is 30.1. The van der Waals surface area contributed by atoms with Gasteiger partial charge in [-0.15, -0.1) is 0 Å². The van der Waals surface area contributed by atoms with Crippen LogP contribution in [0.2, 0.25) is 5.02 Å². The lowest BCUT2D eigenvalue weighted by molar-refractivity contribution is -0.120. The third-order valence-electron chi connectivity index (χ3n) is 4.23. The summed E-state index contributed by atoms with van der Waals surface area (Å²) >= 11 is 7.53. The van der Waals surface area contributed by atoms with E-state index in [-0.39, 0.29) is 11.5 Å². The topological polar surface area (TPSA) is 64.0 Å². The zero-order valence-electron chi connectivity index (χ0n) is 15.3. The van der Waals surface area contributed by atoms with Crippen molar-refractivity contribution in [3.63, 3.8) is 0 Å². The molecule has 0 bridgehead atoms. The normalized spacial score (nSPS) is 12.1. The number of thioether (sulfide) groups is 1. The molecule has 2 aromatic carbocycles. The van der Waals surface area contributed by atoms with E-state index in [1.54, 1.807) is 35.8 Å². The molecule has 0 unspecified atom stereocenters. The molecule has 0 saturated heterocycles. The largest absolute Gasteiger partial charge is 0.355 e. The second-order valence-corrected chi connectivity index (χ2v) is 7.81. The first-order valence-corrected chi connectivity index (χ1v) is 9.91. The zero-order chi connectivity index (χ0) is 19.6. The molecule has 0 fully saturated rings. The van der Waals surface area contributed by atoms with Gasteiger partial charge in [0.2, 0.25) is 5.91 Å². The molecule has 27 heavy (non-hydrogen) atoms. The van der Waals surface area contributed by atoms with E-state index in [4.69, 9.17) is 11.6 Å². The van der Waals surface area contributed by atoms with E-state index in [0.29, 0.717) is 33.3 Å². The number of hydrogen-bond donors (Lipinski definition) is 1. The molecule has 0 radical (unpaired) electrons. The van der Waals surface area contributed by atoms with Gasteiger partial charge in [0.25, 0.3) is 5.56 Å². The van der Waals surface area contributed by atoms with Crippen molar-refractivity contribution in [1.82, 2.24) is 14.9 Å². The molecule has 0 aliphatic rings. The summed E-state index contributed by atoms with van der Waals surface area (Å²) in [6, 6.07) is 12.6. The first-order chi connectivity index (χ1) is 12.9. The molecule has 1 aromatic heterocycles. The van der Waals surface area contributed by atoms with Gasteiger partial charge in [0.1, 0.15) is 0 Å². The van der Waals surface area contributed by atoms with Crippen molar-refractivity contribution in [2.45, 2.75) is 31.2 Å². The molecule has 1 amide bonds. The van der Waals surface area contributed by atoms with Crippen molar-refractivity contribution in [3.05, 3.63) is 63.4 Å². The summed E-state index contributed by atoms with van der Waals surface area (Å²) in [5, 5.41) is 3.95. The van der Waals surface area contributed by atoms with Gasteiger partial charge in [-0.05, 0) is 50.6 Å². The van der Waals surface area contributed by atoms with Gasteiger partial charge in [0.05, 0.1) is 21.8 Å². The Labute approximate surface area is 166 Å². The predicted octanol–water partition coefficient (Wildman–Crippen LogP) is 3.96. The van der Waals surface area contributed by atoms with Crippen LogP contribution in [0.5, 0.6) is 0 Å². The van der Waals surface area contributed by atoms with Gasteiger partial charge >= 0.3 is 0 Å². The molecule has 1 atom stereocenters. The summed E-state index contributed by atoms with van der Waals surface area (Å²) in [5.41, 5.74) is 1.86. The summed E-state index contributed by atoms with van der Waals surface area (Å²) in [7, 11) is 0. The van der Waals surface area contributed by atoms with Gasteiger partial charge in [-0.2, -0.15) is 0 Å². The minimum absolute atomic E-state index is 0.0979. The van der Waals surface area contributed by atoms with Crippen LogP contribution in [0.1, 0.15) is 19.4 Å². The fourth-order valence-corrected chi connectivity index (χ4v) is 3.89. The summed E-state index contributed by atoms with van der Waals surface area (Å²) in [6.07, 6.45) is 0. The molecular weight excluding hydrogens is 382 g/mol. The Morgan fingerprint density at radius 1 is 1.26 bits per heavy atom. The SMILES string of the molecule is CCNC(=O)[C@@H](C)Sc1nc2ccccc2c(=O)n1-c1cccc(Cl)c1C. The third kappa shape index (κ3) is 3.87. The van der Waals surface area contributed by atoms with Crippen molar-refractivity contribution in [1.29, 1.82) is 0 Å². The van der Waals surface area contributed by atoms with Crippen molar-refractivity contribution >= 4 is 40.2 Å². The molecule has 0 aliphatic heterocycles. The fourth-order valence-electron chi connectivity index (χ4n) is 2.77. The Balaban J connectivity index is 2.23. The number of nitrogens with zero attached hydrogens (tertiary/aromatic N) is 2. The Morgan fingerprint density at radius 2 is 2.00 bits per heavy atom. The maximum absolute atomic E-state index is 13.3. The highest BCUT2D eigenvalue weighted by Crippen LogP contribution is 2.28. The quantitative estimate of drug-likeness (QED) is 0.519. The van der Waals surface area contributed by atoms with E-state index in [0.717, 1.165) is 5.56 Å². The number of fused-ring (bicyclic) bond motifs is 1. The van der Waals surface area contributed by atoms with E-state index in [2.05, 4.69) is 10.3 Å². The second-order valence-electron chi connectivity index (χ2n) is 6.09. The molecule has 0 aliphatic carbocycles. The van der Waals surface area contributed by atoms with Crippen LogP contribution in [0.15, 0.2) is 52.4 Å². The Bertz CT molecular complexity index is 1060. The van der Waals surface area contributed by atoms with Crippen LogP contribution in [0, 0.1) is 6.92 Å². The Kier molecular flexibility index (Phi) is 5.87. The number of amides is 1. The van der Waals surface area contributed by atoms with E-state index in [9.17, 15) is 9.59 Å². The smallest absolute Gasteiger partial charge is 0.266 e. The van der Waals surface area contributed by atoms with Gasteiger partial charge in [0.15, 0.2) is 5.16 Å². The van der Waals surface area contributed by atoms with E-state index >= 15 is 0 Å². The van der Waals surface area contributed by atoms with Crippen LogP contribution in [0.25, 0.3) is 16.6 Å². The highest BCUT2D eigenvalue weighted by Gasteiger charge is 2.20. The van der Waals surface area contributed by atoms with Gasteiger partial charge in [-0.25, -0.2) is 4.98 Å². The van der Waals surface area contributed by atoms with E-state index in [1.807, 2.05) is 32.0 Å². The van der Waals surface area contributed by atoms with Crippen molar-refractivity contribution in [2.75, 3.05) is 6.54 Å². The number of carbonyl (C=O) groups is 1. The molecule has 1 heterocycles.